The van der Waals surface area contributed by atoms with Crippen molar-refractivity contribution in [1.82, 2.24) is 15.5 Å². The predicted molar refractivity (Wildman–Crippen MR) is 147 cm³/mol. The topological polar surface area (TPSA) is 44.4 Å². The Balaban J connectivity index is 1.98. The Labute approximate surface area is 213 Å². The van der Waals surface area contributed by atoms with Gasteiger partial charge < -0.3 is 15.5 Å². The van der Waals surface area contributed by atoms with Gasteiger partial charge in [0.05, 0.1) is 17.2 Å². The molecule has 4 heteroatoms. The van der Waals surface area contributed by atoms with Crippen molar-refractivity contribution in [2.24, 2.45) is 0 Å². The summed E-state index contributed by atoms with van der Waals surface area (Å²) in [5, 5.41) is 7.22. The summed E-state index contributed by atoms with van der Waals surface area (Å²) in [7, 11) is 2.10. The SMILES string of the molecule is CC/C(C(=O)NC(CC)(CC)c1ccc(C(C)C)cc1)=C1/NC(c2ccccc2)CC(C)(C)N1C. The van der Waals surface area contributed by atoms with Crippen molar-refractivity contribution in [3.05, 3.63) is 82.7 Å². The quantitative estimate of drug-likeness (QED) is 0.404. The second kappa shape index (κ2) is 10.9. The van der Waals surface area contributed by atoms with Crippen molar-refractivity contribution in [3.8, 4) is 0 Å². The average Bonchev–Trinajstić information content (AvgIpc) is 2.86. The molecule has 2 N–H and O–H groups in total. The standard InChI is InChI=1S/C31H45N3O/c1-9-26(28-32-27(21-30(6,7)34(28)8)24-15-13-12-14-16-24)29(35)33-31(10-2,11-3)25-19-17-23(18-20-25)22(4)5/h12-20,22,27,32H,9-11,21H2,1-8H3,(H,33,35)/b28-26+. The monoisotopic (exact) mass is 475 g/mol. The van der Waals surface area contributed by atoms with Crippen molar-refractivity contribution < 1.29 is 4.79 Å². The molecule has 0 saturated carbocycles. The molecular formula is C31H45N3O. The number of rotatable bonds is 8. The molecule has 4 nitrogen and oxygen atoms in total. The minimum Gasteiger partial charge on any atom is -0.364 e. The van der Waals surface area contributed by atoms with Gasteiger partial charge in [0.2, 0.25) is 0 Å². The van der Waals surface area contributed by atoms with Gasteiger partial charge in [-0.15, -0.1) is 0 Å². The van der Waals surface area contributed by atoms with E-state index < -0.39 is 5.54 Å². The summed E-state index contributed by atoms with van der Waals surface area (Å²) in [6, 6.07) is 19.5. The summed E-state index contributed by atoms with van der Waals surface area (Å²) in [6.07, 6.45) is 3.30. The van der Waals surface area contributed by atoms with Crippen LogP contribution in [0.4, 0.5) is 0 Å². The molecule has 0 spiro atoms. The van der Waals surface area contributed by atoms with Gasteiger partial charge >= 0.3 is 0 Å². The summed E-state index contributed by atoms with van der Waals surface area (Å²) in [5.74, 6) is 1.44. The zero-order valence-electron chi connectivity index (χ0n) is 23.0. The number of carbonyl (C=O) groups is 1. The average molecular weight is 476 g/mol. The highest BCUT2D eigenvalue weighted by atomic mass is 16.2. The van der Waals surface area contributed by atoms with Crippen LogP contribution >= 0.6 is 0 Å². The second-order valence-electron chi connectivity index (χ2n) is 10.9. The van der Waals surface area contributed by atoms with Gasteiger partial charge in [-0.25, -0.2) is 0 Å². The van der Waals surface area contributed by atoms with E-state index >= 15 is 0 Å². The number of nitrogens with zero attached hydrogens (tertiary/aromatic N) is 1. The number of nitrogens with one attached hydrogen (secondary N) is 2. The lowest BCUT2D eigenvalue weighted by atomic mass is 9.83. The van der Waals surface area contributed by atoms with E-state index in [-0.39, 0.29) is 17.5 Å². The van der Waals surface area contributed by atoms with Gasteiger partial charge in [-0.3, -0.25) is 4.79 Å². The van der Waals surface area contributed by atoms with E-state index in [4.69, 9.17) is 0 Å². The number of carbonyl (C=O) groups excluding carboxylic acids is 1. The zero-order valence-corrected chi connectivity index (χ0v) is 23.0. The van der Waals surface area contributed by atoms with E-state index in [0.717, 1.165) is 30.7 Å². The molecule has 0 radical (unpaired) electrons. The Bertz CT molecular complexity index is 1020. The first-order chi connectivity index (χ1) is 16.6. The summed E-state index contributed by atoms with van der Waals surface area (Å²) in [6.45, 7) is 15.3. The molecular weight excluding hydrogens is 430 g/mol. The third-order valence-electron chi connectivity index (χ3n) is 8.06. The highest BCUT2D eigenvalue weighted by Gasteiger charge is 2.38. The largest absolute Gasteiger partial charge is 0.364 e. The number of amides is 1. The molecule has 1 aliphatic rings. The Morgan fingerprint density at radius 1 is 1.06 bits per heavy atom. The van der Waals surface area contributed by atoms with Gasteiger partial charge in [-0.1, -0.05) is 89.2 Å². The van der Waals surface area contributed by atoms with Crippen molar-refractivity contribution in [2.45, 2.75) is 97.2 Å². The summed E-state index contributed by atoms with van der Waals surface area (Å²) < 4.78 is 0. The van der Waals surface area contributed by atoms with E-state index in [9.17, 15) is 4.79 Å². The molecule has 1 saturated heterocycles. The molecule has 0 aliphatic carbocycles. The fourth-order valence-electron chi connectivity index (χ4n) is 5.25. The van der Waals surface area contributed by atoms with Gasteiger partial charge in [0, 0.05) is 12.6 Å². The van der Waals surface area contributed by atoms with Crippen molar-refractivity contribution >= 4 is 5.91 Å². The predicted octanol–water partition coefficient (Wildman–Crippen LogP) is 7.01. The molecule has 35 heavy (non-hydrogen) atoms. The molecule has 1 aliphatic heterocycles. The maximum Gasteiger partial charge on any atom is 0.251 e. The van der Waals surface area contributed by atoms with Crippen LogP contribution in [-0.4, -0.2) is 23.4 Å². The molecule has 0 aromatic heterocycles. The smallest absolute Gasteiger partial charge is 0.251 e. The van der Waals surface area contributed by atoms with Crippen LogP contribution in [0.2, 0.25) is 0 Å². The Hall–Kier alpha value is -2.75. The Kier molecular flexibility index (Phi) is 8.35. The summed E-state index contributed by atoms with van der Waals surface area (Å²) >= 11 is 0. The molecule has 190 valence electrons. The third-order valence-corrected chi connectivity index (χ3v) is 8.06. The molecule has 2 aromatic rings. The van der Waals surface area contributed by atoms with Crippen LogP contribution in [0.1, 0.15) is 103 Å². The van der Waals surface area contributed by atoms with Crippen LogP contribution in [0, 0.1) is 0 Å². The van der Waals surface area contributed by atoms with Crippen LogP contribution in [0.5, 0.6) is 0 Å². The lowest BCUT2D eigenvalue weighted by molar-refractivity contribution is -0.120. The van der Waals surface area contributed by atoms with Crippen molar-refractivity contribution in [3.63, 3.8) is 0 Å². The first-order valence-corrected chi connectivity index (χ1v) is 13.3. The van der Waals surface area contributed by atoms with Gasteiger partial charge in [0.15, 0.2) is 0 Å². The molecule has 1 atom stereocenters. The maximum atomic E-state index is 13.9. The van der Waals surface area contributed by atoms with Gasteiger partial charge in [-0.05, 0) is 62.1 Å². The molecule has 1 heterocycles. The summed E-state index contributed by atoms with van der Waals surface area (Å²) in [5.41, 5.74) is 4.08. The number of benzene rings is 2. The molecule has 0 bridgehead atoms. The zero-order chi connectivity index (χ0) is 25.8. The highest BCUT2D eigenvalue weighted by molar-refractivity contribution is 5.94. The minimum absolute atomic E-state index is 0.0167. The third kappa shape index (κ3) is 5.58. The van der Waals surface area contributed by atoms with E-state index in [1.807, 2.05) is 6.07 Å². The van der Waals surface area contributed by atoms with E-state index in [1.54, 1.807) is 0 Å². The number of hydrogen-bond acceptors (Lipinski definition) is 3. The number of hydrogen-bond donors (Lipinski definition) is 2. The summed E-state index contributed by atoms with van der Waals surface area (Å²) in [4.78, 5) is 16.2. The van der Waals surface area contributed by atoms with Crippen molar-refractivity contribution in [1.29, 1.82) is 0 Å². The molecule has 3 rings (SSSR count). The molecule has 1 fully saturated rings. The fourth-order valence-corrected chi connectivity index (χ4v) is 5.25. The van der Waals surface area contributed by atoms with Crippen LogP contribution < -0.4 is 10.6 Å². The maximum absolute atomic E-state index is 13.9. The van der Waals surface area contributed by atoms with Crippen LogP contribution in [0.25, 0.3) is 0 Å². The van der Waals surface area contributed by atoms with Gasteiger partial charge in [0.1, 0.15) is 5.82 Å². The Morgan fingerprint density at radius 2 is 1.66 bits per heavy atom. The van der Waals surface area contributed by atoms with Gasteiger partial charge in [-0.2, -0.15) is 0 Å². The highest BCUT2D eigenvalue weighted by Crippen LogP contribution is 2.37. The second-order valence-corrected chi connectivity index (χ2v) is 10.9. The van der Waals surface area contributed by atoms with Crippen LogP contribution in [0.15, 0.2) is 66.0 Å². The normalized spacial score (nSPS) is 19.3. The molecule has 2 aromatic carbocycles. The van der Waals surface area contributed by atoms with E-state index in [1.165, 1.54) is 16.7 Å². The van der Waals surface area contributed by atoms with Crippen molar-refractivity contribution in [2.75, 3.05) is 7.05 Å². The first kappa shape index (κ1) is 26.8. The lowest BCUT2D eigenvalue weighted by Crippen LogP contribution is -2.54. The molecule has 1 unspecified atom stereocenters. The first-order valence-electron chi connectivity index (χ1n) is 13.3. The van der Waals surface area contributed by atoms with Gasteiger partial charge in [0.25, 0.3) is 5.91 Å². The fraction of sp³-hybridized carbons (Fsp3) is 0.516. The minimum atomic E-state index is -0.394. The Morgan fingerprint density at radius 3 is 2.17 bits per heavy atom. The lowest BCUT2D eigenvalue weighted by Gasteiger charge is -2.48. The van der Waals surface area contributed by atoms with Crippen LogP contribution in [0.3, 0.4) is 0 Å². The van der Waals surface area contributed by atoms with Crippen LogP contribution in [-0.2, 0) is 10.3 Å². The van der Waals surface area contributed by atoms with E-state index in [0.29, 0.717) is 12.3 Å². The molecule has 1 amide bonds. The van der Waals surface area contributed by atoms with E-state index in [2.05, 4.69) is 120 Å².